The largest absolute Gasteiger partial charge is 0.459 e. The second kappa shape index (κ2) is 7.21. The first-order valence-electron chi connectivity index (χ1n) is 9.06. The lowest BCUT2D eigenvalue weighted by molar-refractivity contribution is -0.0920. The molecule has 4 rings (SSSR count). The molecular formula is C20H23FN2O3. The molecule has 2 aliphatic rings. The zero-order chi connectivity index (χ0) is 18.1. The number of nitrogens with zero attached hydrogens (tertiary/aromatic N) is 2. The van der Waals surface area contributed by atoms with Crippen molar-refractivity contribution in [2.45, 2.75) is 32.0 Å². The van der Waals surface area contributed by atoms with Gasteiger partial charge in [-0.1, -0.05) is 12.1 Å². The first-order chi connectivity index (χ1) is 12.6. The predicted molar refractivity (Wildman–Crippen MR) is 94.3 cm³/mol. The van der Waals surface area contributed by atoms with E-state index in [-0.39, 0.29) is 23.9 Å². The standard InChI is InChI=1S/C20H23FN2O3/c1-14-15(4-2-5-16(14)21)12-22-8-7-18-17(13-22)23(9-11-26-18)20(24)19-6-3-10-25-19/h2-6,10,17-18H,7-9,11-13H2,1H3/t17-,18-/m0/s1. The second-order valence-electron chi connectivity index (χ2n) is 7.00. The van der Waals surface area contributed by atoms with Crippen molar-refractivity contribution < 1.29 is 18.3 Å². The normalized spacial score (nSPS) is 23.7. The Hall–Kier alpha value is -2.18. The Morgan fingerprint density at radius 2 is 2.15 bits per heavy atom. The van der Waals surface area contributed by atoms with Crippen molar-refractivity contribution in [3.05, 3.63) is 59.3 Å². The van der Waals surface area contributed by atoms with Gasteiger partial charge in [0.05, 0.1) is 25.0 Å². The average molecular weight is 358 g/mol. The highest BCUT2D eigenvalue weighted by Crippen LogP contribution is 2.26. The third-order valence-electron chi connectivity index (χ3n) is 5.44. The number of hydrogen-bond donors (Lipinski definition) is 0. The van der Waals surface area contributed by atoms with Crippen LogP contribution in [0.5, 0.6) is 0 Å². The average Bonchev–Trinajstić information content (AvgIpc) is 3.19. The lowest BCUT2D eigenvalue weighted by Gasteiger charge is -2.46. The van der Waals surface area contributed by atoms with Crippen LogP contribution in [0.1, 0.15) is 28.1 Å². The van der Waals surface area contributed by atoms with E-state index in [0.29, 0.717) is 37.6 Å². The van der Waals surface area contributed by atoms with E-state index in [2.05, 4.69) is 4.90 Å². The van der Waals surface area contributed by atoms with E-state index in [0.717, 1.165) is 18.5 Å². The number of halogens is 1. The van der Waals surface area contributed by atoms with E-state index < -0.39 is 0 Å². The summed E-state index contributed by atoms with van der Waals surface area (Å²) in [6.07, 6.45) is 2.43. The summed E-state index contributed by atoms with van der Waals surface area (Å²) in [4.78, 5) is 16.9. The van der Waals surface area contributed by atoms with Gasteiger partial charge in [-0.2, -0.15) is 0 Å². The smallest absolute Gasteiger partial charge is 0.290 e. The third-order valence-corrected chi connectivity index (χ3v) is 5.44. The lowest BCUT2D eigenvalue weighted by atomic mass is 9.97. The maximum absolute atomic E-state index is 13.8. The number of likely N-dealkylation sites (tertiary alicyclic amines) is 1. The first-order valence-corrected chi connectivity index (χ1v) is 9.06. The molecule has 0 N–H and O–H groups in total. The van der Waals surface area contributed by atoms with Crippen LogP contribution in [0.4, 0.5) is 4.39 Å². The maximum atomic E-state index is 13.8. The number of furan rings is 1. The Morgan fingerprint density at radius 1 is 1.27 bits per heavy atom. The van der Waals surface area contributed by atoms with Gasteiger partial charge in [-0.3, -0.25) is 9.69 Å². The molecule has 0 unspecified atom stereocenters. The molecule has 3 heterocycles. The van der Waals surface area contributed by atoms with Crippen LogP contribution in [0.25, 0.3) is 0 Å². The van der Waals surface area contributed by atoms with Crippen LogP contribution in [0, 0.1) is 12.7 Å². The second-order valence-corrected chi connectivity index (χ2v) is 7.00. The molecule has 26 heavy (non-hydrogen) atoms. The highest BCUT2D eigenvalue weighted by molar-refractivity contribution is 5.91. The molecule has 5 nitrogen and oxygen atoms in total. The molecule has 1 aromatic heterocycles. The minimum Gasteiger partial charge on any atom is -0.459 e. The third kappa shape index (κ3) is 3.27. The zero-order valence-electron chi connectivity index (χ0n) is 14.9. The molecule has 2 saturated heterocycles. The summed E-state index contributed by atoms with van der Waals surface area (Å²) in [5.41, 5.74) is 1.68. The van der Waals surface area contributed by atoms with Crippen molar-refractivity contribution in [1.29, 1.82) is 0 Å². The van der Waals surface area contributed by atoms with Crippen LogP contribution < -0.4 is 0 Å². The van der Waals surface area contributed by atoms with Gasteiger partial charge in [0, 0.05) is 26.2 Å². The molecule has 1 amide bonds. The van der Waals surface area contributed by atoms with Gasteiger partial charge in [0.15, 0.2) is 5.76 Å². The summed E-state index contributed by atoms with van der Waals surface area (Å²) in [6.45, 7) is 5.20. The van der Waals surface area contributed by atoms with Gasteiger partial charge < -0.3 is 14.1 Å². The minimum atomic E-state index is -0.173. The number of carbonyl (C=O) groups is 1. The fourth-order valence-corrected chi connectivity index (χ4v) is 3.94. The van der Waals surface area contributed by atoms with Crippen LogP contribution in [0.15, 0.2) is 41.0 Å². The van der Waals surface area contributed by atoms with Gasteiger partial charge >= 0.3 is 0 Å². The number of ether oxygens (including phenoxy) is 1. The molecule has 2 atom stereocenters. The summed E-state index contributed by atoms with van der Waals surface area (Å²) >= 11 is 0. The monoisotopic (exact) mass is 358 g/mol. The van der Waals surface area contributed by atoms with E-state index in [1.54, 1.807) is 18.2 Å². The summed E-state index contributed by atoms with van der Waals surface area (Å²) in [6, 6.07) is 8.62. The fraction of sp³-hybridized carbons (Fsp3) is 0.450. The molecule has 6 heteroatoms. The van der Waals surface area contributed by atoms with Crippen molar-refractivity contribution in [1.82, 2.24) is 9.80 Å². The molecule has 2 fully saturated rings. The van der Waals surface area contributed by atoms with Crippen molar-refractivity contribution in [3.8, 4) is 0 Å². The van der Waals surface area contributed by atoms with E-state index in [4.69, 9.17) is 9.15 Å². The Morgan fingerprint density at radius 3 is 2.96 bits per heavy atom. The molecular weight excluding hydrogens is 335 g/mol. The number of rotatable bonds is 3. The Labute approximate surface area is 152 Å². The number of benzene rings is 1. The number of fused-ring (bicyclic) bond motifs is 1. The van der Waals surface area contributed by atoms with Crippen LogP contribution in [-0.2, 0) is 11.3 Å². The number of amides is 1. The molecule has 2 aromatic rings. The molecule has 0 bridgehead atoms. The van der Waals surface area contributed by atoms with Gasteiger partial charge in [0.25, 0.3) is 5.91 Å². The summed E-state index contributed by atoms with van der Waals surface area (Å²) in [7, 11) is 0. The SMILES string of the molecule is Cc1c(F)cccc1CN1CC[C@@H]2OCCN(C(=O)c3ccco3)[C@H]2C1. The predicted octanol–water partition coefficient (Wildman–Crippen LogP) is 2.84. The van der Waals surface area contributed by atoms with Gasteiger partial charge in [-0.15, -0.1) is 0 Å². The maximum Gasteiger partial charge on any atom is 0.290 e. The first kappa shape index (κ1) is 17.2. The van der Waals surface area contributed by atoms with Crippen LogP contribution in [0.2, 0.25) is 0 Å². The zero-order valence-corrected chi connectivity index (χ0v) is 14.9. The Balaban J connectivity index is 1.50. The van der Waals surface area contributed by atoms with Crippen molar-refractivity contribution in [2.24, 2.45) is 0 Å². The molecule has 1 aromatic carbocycles. The van der Waals surface area contributed by atoms with Gasteiger partial charge in [-0.25, -0.2) is 4.39 Å². The van der Waals surface area contributed by atoms with Gasteiger partial charge in [0.2, 0.25) is 0 Å². The van der Waals surface area contributed by atoms with E-state index in [1.165, 1.54) is 12.3 Å². The molecule has 0 spiro atoms. The summed E-state index contributed by atoms with van der Waals surface area (Å²) < 4.78 is 25.0. The van der Waals surface area contributed by atoms with E-state index in [9.17, 15) is 9.18 Å². The topological polar surface area (TPSA) is 45.9 Å². The van der Waals surface area contributed by atoms with Gasteiger partial charge in [-0.05, 0) is 42.7 Å². The van der Waals surface area contributed by atoms with Crippen molar-refractivity contribution in [2.75, 3.05) is 26.2 Å². The fourth-order valence-electron chi connectivity index (χ4n) is 3.94. The highest BCUT2D eigenvalue weighted by atomic mass is 19.1. The molecule has 0 aliphatic carbocycles. The summed E-state index contributed by atoms with van der Waals surface area (Å²) in [5, 5.41) is 0. The number of piperidine rings is 1. The van der Waals surface area contributed by atoms with Crippen LogP contribution in [-0.4, -0.2) is 54.1 Å². The van der Waals surface area contributed by atoms with E-state index in [1.807, 2.05) is 17.9 Å². The quantitative estimate of drug-likeness (QED) is 0.846. The molecule has 0 radical (unpaired) electrons. The van der Waals surface area contributed by atoms with E-state index >= 15 is 0 Å². The van der Waals surface area contributed by atoms with Crippen molar-refractivity contribution >= 4 is 5.91 Å². The number of hydrogen-bond acceptors (Lipinski definition) is 4. The summed E-state index contributed by atoms with van der Waals surface area (Å²) in [5.74, 6) is 0.105. The molecule has 0 saturated carbocycles. The Kier molecular flexibility index (Phi) is 4.78. The number of carbonyl (C=O) groups excluding carboxylic acids is 1. The highest BCUT2D eigenvalue weighted by Gasteiger charge is 2.40. The molecule has 138 valence electrons. The molecule has 2 aliphatic heterocycles. The minimum absolute atomic E-state index is 0.0102. The number of morpholine rings is 1. The Bertz CT molecular complexity index is 777. The van der Waals surface area contributed by atoms with Crippen LogP contribution in [0.3, 0.4) is 0 Å². The van der Waals surface area contributed by atoms with Crippen molar-refractivity contribution in [3.63, 3.8) is 0 Å². The van der Waals surface area contributed by atoms with Crippen LogP contribution >= 0.6 is 0 Å². The van der Waals surface area contributed by atoms with Gasteiger partial charge in [0.1, 0.15) is 5.82 Å². The lowest BCUT2D eigenvalue weighted by Crippen LogP contribution is -2.61.